The summed E-state index contributed by atoms with van der Waals surface area (Å²) in [7, 11) is -1.20. The van der Waals surface area contributed by atoms with Gasteiger partial charge in [0.1, 0.15) is 19.4 Å². The van der Waals surface area contributed by atoms with Gasteiger partial charge in [-0.3, -0.25) is 9.00 Å². The average molecular weight is 511 g/mol. The number of hydrogen-bond acceptors (Lipinski definition) is 6. The molecule has 1 fully saturated rings. The highest BCUT2D eigenvalue weighted by Gasteiger charge is 2.25. The van der Waals surface area contributed by atoms with E-state index in [1.807, 2.05) is 54.8 Å². The summed E-state index contributed by atoms with van der Waals surface area (Å²) in [5, 5.41) is 0. The molecule has 9 heteroatoms. The standard InChI is InChI=1S/C20H23FN2O2S2.C3H8.2CH2O/c1-14-4-7-19(26-2)16(12-14)20(24)23-10-8-22(9-11-23)18-6-5-15(27(3)25)13-17(18)21;1-3-2;2*1-2/h4-7,12-13H,8-11H2,1-3H3;3H2,1-2H3;2*1H2. The molecule has 0 aromatic heterocycles. The Labute approximate surface area is 209 Å². The largest absolute Gasteiger partial charge is 0.366 e. The van der Waals surface area contributed by atoms with Gasteiger partial charge in [-0.2, -0.15) is 0 Å². The van der Waals surface area contributed by atoms with Crippen LogP contribution in [0.5, 0.6) is 0 Å². The first-order chi connectivity index (χ1) is 16.3. The first-order valence-electron chi connectivity index (χ1n) is 10.7. The van der Waals surface area contributed by atoms with E-state index in [9.17, 15) is 13.4 Å². The Bertz CT molecular complexity index is 933. The highest BCUT2D eigenvalue weighted by Crippen LogP contribution is 2.26. The lowest BCUT2D eigenvalue weighted by Crippen LogP contribution is -2.49. The first kappa shape index (κ1) is 31.5. The molecular formula is C25H35FN2O4S2. The highest BCUT2D eigenvalue weighted by molar-refractivity contribution is 7.98. The van der Waals surface area contributed by atoms with E-state index >= 15 is 0 Å². The number of nitrogens with zero attached hydrogens (tertiary/aromatic N) is 2. The lowest BCUT2D eigenvalue weighted by Gasteiger charge is -2.36. The van der Waals surface area contributed by atoms with Crippen molar-refractivity contribution < 1.29 is 23.0 Å². The maximum atomic E-state index is 14.4. The van der Waals surface area contributed by atoms with Crippen LogP contribution >= 0.6 is 11.8 Å². The Morgan fingerprint density at radius 3 is 2.06 bits per heavy atom. The van der Waals surface area contributed by atoms with Gasteiger partial charge >= 0.3 is 0 Å². The molecule has 1 unspecified atom stereocenters. The van der Waals surface area contributed by atoms with Crippen LogP contribution in [0.1, 0.15) is 36.2 Å². The lowest BCUT2D eigenvalue weighted by molar-refractivity contribution is -0.0987. The first-order valence-corrected chi connectivity index (χ1v) is 13.5. The molecule has 34 heavy (non-hydrogen) atoms. The number of rotatable bonds is 4. The van der Waals surface area contributed by atoms with Gasteiger partial charge in [-0.1, -0.05) is 31.9 Å². The second-order valence-corrected chi connectivity index (χ2v) is 9.49. The molecule has 1 aliphatic rings. The van der Waals surface area contributed by atoms with Gasteiger partial charge in [-0.05, 0) is 43.5 Å². The van der Waals surface area contributed by atoms with E-state index in [1.165, 1.54) is 18.7 Å². The molecule has 0 radical (unpaired) electrons. The van der Waals surface area contributed by atoms with Crippen LogP contribution in [0.3, 0.4) is 0 Å². The smallest absolute Gasteiger partial charge is 0.255 e. The van der Waals surface area contributed by atoms with Crippen molar-refractivity contribution in [1.82, 2.24) is 4.90 Å². The molecule has 188 valence electrons. The van der Waals surface area contributed by atoms with Crippen LogP contribution in [-0.4, -0.2) is 67.3 Å². The van der Waals surface area contributed by atoms with E-state index in [0.29, 0.717) is 36.8 Å². The quantitative estimate of drug-likeness (QED) is 0.560. The van der Waals surface area contributed by atoms with Crippen molar-refractivity contribution in [3.63, 3.8) is 0 Å². The van der Waals surface area contributed by atoms with Crippen molar-refractivity contribution >= 4 is 47.7 Å². The van der Waals surface area contributed by atoms with E-state index < -0.39 is 10.8 Å². The predicted octanol–water partition coefficient (Wildman–Crippen LogP) is 4.60. The minimum absolute atomic E-state index is 0.0277. The van der Waals surface area contributed by atoms with Crippen molar-refractivity contribution in [1.29, 1.82) is 0 Å². The molecule has 0 saturated carbocycles. The number of piperazine rings is 1. The van der Waals surface area contributed by atoms with Gasteiger partial charge in [0.05, 0.1) is 11.3 Å². The summed E-state index contributed by atoms with van der Waals surface area (Å²) in [5.74, 6) is -0.342. The van der Waals surface area contributed by atoms with Crippen LogP contribution < -0.4 is 4.90 Å². The topological polar surface area (TPSA) is 74.8 Å². The number of carbonyl (C=O) groups is 3. The summed E-state index contributed by atoms with van der Waals surface area (Å²) >= 11 is 1.57. The molecule has 3 rings (SSSR count). The van der Waals surface area contributed by atoms with Crippen molar-refractivity contribution in [2.75, 3.05) is 43.6 Å². The average Bonchev–Trinajstić information content (AvgIpc) is 2.86. The van der Waals surface area contributed by atoms with Gasteiger partial charge in [0.25, 0.3) is 5.91 Å². The second-order valence-electron chi connectivity index (χ2n) is 7.26. The molecular weight excluding hydrogens is 475 g/mol. The summed E-state index contributed by atoms with van der Waals surface area (Å²) in [6.07, 6.45) is 4.75. The molecule has 2 aromatic carbocycles. The molecule has 1 saturated heterocycles. The Balaban J connectivity index is 0.00000141. The van der Waals surface area contributed by atoms with Crippen molar-refractivity contribution in [3.8, 4) is 0 Å². The number of anilines is 1. The highest BCUT2D eigenvalue weighted by atomic mass is 32.2. The van der Waals surface area contributed by atoms with E-state index in [4.69, 9.17) is 9.59 Å². The van der Waals surface area contributed by atoms with Crippen molar-refractivity contribution in [3.05, 3.63) is 53.3 Å². The fraction of sp³-hybridized carbons (Fsp3) is 0.400. The van der Waals surface area contributed by atoms with E-state index in [1.54, 1.807) is 23.9 Å². The summed E-state index contributed by atoms with van der Waals surface area (Å²) in [5.41, 5.74) is 2.29. The van der Waals surface area contributed by atoms with Crippen LogP contribution in [0, 0.1) is 12.7 Å². The van der Waals surface area contributed by atoms with Gasteiger partial charge < -0.3 is 19.4 Å². The zero-order chi connectivity index (χ0) is 26.3. The van der Waals surface area contributed by atoms with Gasteiger partial charge in [0, 0.05) is 53.0 Å². The fourth-order valence-corrected chi connectivity index (χ4v) is 4.33. The molecule has 0 bridgehead atoms. The number of halogens is 1. The Kier molecular flexibility index (Phi) is 15.7. The monoisotopic (exact) mass is 510 g/mol. The van der Waals surface area contributed by atoms with Crippen LogP contribution in [0.4, 0.5) is 10.1 Å². The van der Waals surface area contributed by atoms with E-state index in [2.05, 4.69) is 13.8 Å². The fourth-order valence-electron chi connectivity index (χ4n) is 3.23. The molecule has 0 spiro atoms. The molecule has 1 aliphatic heterocycles. The zero-order valence-corrected chi connectivity index (χ0v) is 22.3. The van der Waals surface area contributed by atoms with Crippen molar-refractivity contribution in [2.45, 2.75) is 37.0 Å². The third-order valence-corrected chi connectivity index (χ3v) is 6.46. The van der Waals surface area contributed by atoms with E-state index in [0.717, 1.165) is 16.0 Å². The minimum Gasteiger partial charge on any atom is -0.366 e. The number of aryl methyl sites for hydroxylation is 1. The summed E-state index contributed by atoms with van der Waals surface area (Å²) < 4.78 is 25.9. The van der Waals surface area contributed by atoms with Crippen molar-refractivity contribution in [2.24, 2.45) is 0 Å². The molecule has 1 heterocycles. The molecule has 0 aliphatic carbocycles. The summed E-state index contributed by atoms with van der Waals surface area (Å²) in [6, 6.07) is 10.6. The third kappa shape index (κ3) is 9.02. The number of hydrogen-bond donors (Lipinski definition) is 0. The molecule has 0 N–H and O–H groups in total. The zero-order valence-electron chi connectivity index (χ0n) is 20.6. The predicted molar refractivity (Wildman–Crippen MR) is 140 cm³/mol. The third-order valence-electron chi connectivity index (χ3n) is 4.74. The van der Waals surface area contributed by atoms with Gasteiger partial charge in [-0.15, -0.1) is 11.8 Å². The van der Waals surface area contributed by atoms with Gasteiger partial charge in [0.15, 0.2) is 0 Å². The Morgan fingerprint density at radius 1 is 1.03 bits per heavy atom. The van der Waals surface area contributed by atoms with Crippen LogP contribution in [0.2, 0.25) is 0 Å². The molecule has 1 amide bonds. The molecule has 2 aromatic rings. The SMILES string of the molecule is C=O.C=O.CCC.CSc1ccc(C)cc1C(=O)N1CCN(c2ccc(S(C)=O)cc2F)CC1. The second kappa shape index (κ2) is 17.0. The normalized spacial score (nSPS) is 13.2. The number of amides is 1. The van der Waals surface area contributed by atoms with Gasteiger partial charge in [0.2, 0.25) is 0 Å². The van der Waals surface area contributed by atoms with Crippen LogP contribution in [0.25, 0.3) is 0 Å². The molecule has 1 atom stereocenters. The minimum atomic E-state index is -1.20. The Hall–Kier alpha value is -2.52. The Morgan fingerprint density at radius 2 is 1.59 bits per heavy atom. The van der Waals surface area contributed by atoms with Crippen LogP contribution in [-0.2, 0) is 20.4 Å². The van der Waals surface area contributed by atoms with Gasteiger partial charge in [-0.25, -0.2) is 4.39 Å². The maximum absolute atomic E-state index is 14.4. The summed E-state index contributed by atoms with van der Waals surface area (Å²) in [4.78, 5) is 34.2. The lowest BCUT2D eigenvalue weighted by atomic mass is 10.1. The number of thioether (sulfide) groups is 1. The maximum Gasteiger partial charge on any atom is 0.255 e. The van der Waals surface area contributed by atoms with E-state index in [-0.39, 0.29) is 11.7 Å². The number of benzene rings is 2. The summed E-state index contributed by atoms with van der Waals surface area (Å²) in [6.45, 7) is 12.5. The van der Waals surface area contributed by atoms with Crippen LogP contribution in [0.15, 0.2) is 46.2 Å². The molecule has 6 nitrogen and oxygen atoms in total. The number of carbonyl (C=O) groups excluding carboxylic acids is 3.